The third-order valence-corrected chi connectivity index (χ3v) is 6.24. The number of halogens is 1. The number of hydrogen-bond donors (Lipinski definition) is 4. The van der Waals surface area contributed by atoms with Gasteiger partial charge in [0.15, 0.2) is 0 Å². The minimum atomic E-state index is -1.63. The lowest BCUT2D eigenvalue weighted by atomic mass is 9.71. The Hall–Kier alpha value is -2.35. The molecule has 1 fully saturated rings. The van der Waals surface area contributed by atoms with Gasteiger partial charge in [-0.1, -0.05) is 74.0 Å². The summed E-state index contributed by atoms with van der Waals surface area (Å²) in [5, 5.41) is 25.8. The van der Waals surface area contributed by atoms with Crippen LogP contribution in [0.5, 0.6) is 0 Å². The molecule has 2 aromatic carbocycles. The summed E-state index contributed by atoms with van der Waals surface area (Å²) in [5.41, 5.74) is 1.19. The molecule has 0 bridgehead atoms. The van der Waals surface area contributed by atoms with E-state index in [-0.39, 0.29) is 18.2 Å². The Balaban J connectivity index is 1.69. The summed E-state index contributed by atoms with van der Waals surface area (Å²) in [7, 11) is -1.63. The summed E-state index contributed by atoms with van der Waals surface area (Å²) in [6, 6.07) is 15.2. The summed E-state index contributed by atoms with van der Waals surface area (Å²) in [6.07, 6.45) is 6.03. The van der Waals surface area contributed by atoms with E-state index in [9.17, 15) is 19.6 Å². The highest BCUT2D eigenvalue weighted by atomic mass is 35.5. The van der Waals surface area contributed by atoms with Gasteiger partial charge in [0.25, 0.3) is 5.91 Å². The molecule has 0 aliphatic heterocycles. The van der Waals surface area contributed by atoms with E-state index in [4.69, 9.17) is 11.6 Å². The van der Waals surface area contributed by atoms with Crippen LogP contribution in [0.1, 0.15) is 66.9 Å². The Bertz CT molecular complexity index is 891. The van der Waals surface area contributed by atoms with Crippen molar-refractivity contribution in [1.29, 1.82) is 0 Å². The molecule has 0 saturated heterocycles. The first-order valence-corrected chi connectivity index (χ1v) is 11.6. The fraction of sp³-hybridized carbons (Fsp3) is 0.417. The number of nitrogens with one attached hydrogen (secondary N) is 2. The minimum Gasteiger partial charge on any atom is -0.426 e. The van der Waals surface area contributed by atoms with Crippen LogP contribution in [0, 0.1) is 5.92 Å². The van der Waals surface area contributed by atoms with Crippen LogP contribution in [0.3, 0.4) is 0 Å². The molecular weight excluding hydrogens is 427 g/mol. The largest absolute Gasteiger partial charge is 0.475 e. The van der Waals surface area contributed by atoms with Crippen molar-refractivity contribution in [3.05, 3.63) is 70.7 Å². The second-order valence-corrected chi connectivity index (χ2v) is 8.91. The maximum atomic E-state index is 12.9. The number of carbonyl (C=O) groups is 2. The zero-order valence-electron chi connectivity index (χ0n) is 18.0. The highest BCUT2D eigenvalue weighted by Gasteiger charge is 2.30. The SMILES string of the molecule is O=C(CC(NC(=O)c1ccccc1)c1cccc(Cl)c1)N[C@@H](CC1CCCCC1)B(O)O. The zero-order chi connectivity index (χ0) is 22.9. The smallest absolute Gasteiger partial charge is 0.426 e. The molecule has 2 amide bonds. The van der Waals surface area contributed by atoms with E-state index in [0.29, 0.717) is 28.5 Å². The average molecular weight is 457 g/mol. The molecule has 2 aromatic rings. The molecule has 170 valence electrons. The van der Waals surface area contributed by atoms with Crippen LogP contribution >= 0.6 is 11.6 Å². The fourth-order valence-corrected chi connectivity index (χ4v) is 4.49. The lowest BCUT2D eigenvalue weighted by Gasteiger charge is -2.27. The molecule has 0 heterocycles. The normalized spacial score (nSPS) is 16.1. The Labute approximate surface area is 194 Å². The van der Waals surface area contributed by atoms with Gasteiger partial charge in [-0.3, -0.25) is 9.59 Å². The standard InChI is InChI=1S/C24H30BClN2O4/c26-20-13-7-12-19(15-20)21(27-24(30)18-10-5-2-6-11-18)16-23(29)28-22(25(31)32)14-17-8-3-1-4-9-17/h2,5-7,10-13,15,17,21-22,31-32H,1,3-4,8-9,14,16H2,(H,27,30)(H,28,29)/t21?,22-/m0/s1. The van der Waals surface area contributed by atoms with E-state index in [2.05, 4.69) is 10.6 Å². The van der Waals surface area contributed by atoms with Gasteiger partial charge in [0.1, 0.15) is 0 Å². The average Bonchev–Trinajstić information content (AvgIpc) is 2.79. The van der Waals surface area contributed by atoms with Gasteiger partial charge in [0.05, 0.1) is 18.4 Å². The molecule has 8 heteroatoms. The number of amides is 2. The van der Waals surface area contributed by atoms with Crippen molar-refractivity contribution in [2.45, 2.75) is 56.9 Å². The van der Waals surface area contributed by atoms with Crippen molar-refractivity contribution in [1.82, 2.24) is 10.6 Å². The minimum absolute atomic E-state index is 0.0488. The van der Waals surface area contributed by atoms with E-state index in [0.717, 1.165) is 25.7 Å². The highest BCUT2D eigenvalue weighted by Crippen LogP contribution is 2.28. The van der Waals surface area contributed by atoms with Gasteiger partial charge in [0, 0.05) is 10.6 Å². The topological polar surface area (TPSA) is 98.7 Å². The van der Waals surface area contributed by atoms with Crippen LogP contribution in [0.25, 0.3) is 0 Å². The molecule has 2 atom stereocenters. The van der Waals surface area contributed by atoms with Gasteiger partial charge in [-0.2, -0.15) is 0 Å². The number of benzene rings is 2. The van der Waals surface area contributed by atoms with Gasteiger partial charge in [-0.15, -0.1) is 0 Å². The predicted molar refractivity (Wildman–Crippen MR) is 126 cm³/mol. The first-order valence-electron chi connectivity index (χ1n) is 11.2. The molecular formula is C24H30BClN2O4. The molecule has 3 rings (SSSR count). The maximum Gasteiger partial charge on any atom is 0.475 e. The summed E-state index contributed by atoms with van der Waals surface area (Å²) in [4.78, 5) is 25.6. The number of rotatable bonds is 9. The second kappa shape index (κ2) is 12.0. The Morgan fingerprint density at radius 1 is 1.00 bits per heavy atom. The summed E-state index contributed by atoms with van der Waals surface area (Å²) in [6.45, 7) is 0. The third-order valence-electron chi connectivity index (χ3n) is 6.00. The van der Waals surface area contributed by atoms with Crippen molar-refractivity contribution in [2.24, 2.45) is 5.92 Å². The van der Waals surface area contributed by atoms with E-state index in [1.165, 1.54) is 6.42 Å². The molecule has 0 aromatic heterocycles. The highest BCUT2D eigenvalue weighted by molar-refractivity contribution is 6.43. The summed E-state index contributed by atoms with van der Waals surface area (Å²) >= 11 is 6.13. The lowest BCUT2D eigenvalue weighted by molar-refractivity contribution is -0.122. The summed E-state index contributed by atoms with van der Waals surface area (Å²) < 4.78 is 0. The number of hydrogen-bond acceptors (Lipinski definition) is 4. The Morgan fingerprint density at radius 3 is 2.38 bits per heavy atom. The maximum absolute atomic E-state index is 12.9. The van der Waals surface area contributed by atoms with Crippen LogP contribution in [-0.4, -0.2) is 34.9 Å². The van der Waals surface area contributed by atoms with Gasteiger partial charge in [-0.25, -0.2) is 0 Å². The molecule has 0 spiro atoms. The molecule has 1 aliphatic rings. The first-order chi connectivity index (χ1) is 15.4. The van der Waals surface area contributed by atoms with Crippen LogP contribution in [-0.2, 0) is 4.79 Å². The van der Waals surface area contributed by atoms with E-state index >= 15 is 0 Å². The molecule has 6 nitrogen and oxygen atoms in total. The lowest BCUT2D eigenvalue weighted by Crippen LogP contribution is -2.48. The predicted octanol–water partition coefficient (Wildman–Crippen LogP) is 3.67. The van der Waals surface area contributed by atoms with Crippen LogP contribution in [0.15, 0.2) is 54.6 Å². The fourth-order valence-electron chi connectivity index (χ4n) is 4.29. The second-order valence-electron chi connectivity index (χ2n) is 8.48. The number of carbonyl (C=O) groups excluding carboxylic acids is 2. The molecule has 1 unspecified atom stereocenters. The van der Waals surface area contributed by atoms with Gasteiger partial charge in [0.2, 0.25) is 5.91 Å². The van der Waals surface area contributed by atoms with Crippen LogP contribution in [0.4, 0.5) is 0 Å². The monoisotopic (exact) mass is 456 g/mol. The van der Waals surface area contributed by atoms with E-state index in [1.54, 1.807) is 48.5 Å². The zero-order valence-corrected chi connectivity index (χ0v) is 18.8. The molecule has 1 aliphatic carbocycles. The third kappa shape index (κ3) is 7.36. The van der Waals surface area contributed by atoms with Crippen molar-refractivity contribution < 1.29 is 19.6 Å². The van der Waals surface area contributed by atoms with Gasteiger partial charge in [-0.05, 0) is 42.2 Å². The molecule has 1 saturated carbocycles. The van der Waals surface area contributed by atoms with Crippen molar-refractivity contribution >= 4 is 30.5 Å². The quantitative estimate of drug-likeness (QED) is 0.433. The van der Waals surface area contributed by atoms with Crippen molar-refractivity contribution in [2.75, 3.05) is 0 Å². The van der Waals surface area contributed by atoms with Crippen LogP contribution in [0.2, 0.25) is 5.02 Å². The first kappa shape index (κ1) is 24.3. The molecule has 4 N–H and O–H groups in total. The van der Waals surface area contributed by atoms with Crippen molar-refractivity contribution in [3.63, 3.8) is 0 Å². The Morgan fingerprint density at radius 2 is 1.72 bits per heavy atom. The Kier molecular flexibility index (Phi) is 9.15. The van der Waals surface area contributed by atoms with Crippen LogP contribution < -0.4 is 10.6 Å². The van der Waals surface area contributed by atoms with Gasteiger partial charge < -0.3 is 20.7 Å². The molecule has 32 heavy (non-hydrogen) atoms. The van der Waals surface area contributed by atoms with Crippen molar-refractivity contribution in [3.8, 4) is 0 Å². The van der Waals surface area contributed by atoms with E-state index in [1.807, 2.05) is 6.07 Å². The summed E-state index contributed by atoms with van der Waals surface area (Å²) in [5.74, 6) is -1.03. The molecule has 0 radical (unpaired) electrons. The van der Waals surface area contributed by atoms with E-state index < -0.39 is 19.1 Å². The van der Waals surface area contributed by atoms with Gasteiger partial charge >= 0.3 is 7.12 Å².